The van der Waals surface area contributed by atoms with Crippen molar-refractivity contribution in [2.45, 2.75) is 51.4 Å². The largest absolute Gasteiger partial charge is 1.00 e. The van der Waals surface area contributed by atoms with E-state index in [1.54, 1.807) is 0 Å². The molecule has 0 bridgehead atoms. The van der Waals surface area contributed by atoms with Crippen LogP contribution in [0, 0.1) is 0 Å². The molecule has 0 saturated carbocycles. The highest BCUT2D eigenvalue weighted by molar-refractivity contribution is 6.43. The van der Waals surface area contributed by atoms with E-state index in [0.717, 1.165) is 122 Å². The second kappa shape index (κ2) is 16.4. The molecule has 1 saturated heterocycles. The van der Waals surface area contributed by atoms with E-state index in [1.807, 2.05) is 36.4 Å². The van der Waals surface area contributed by atoms with Gasteiger partial charge in [0.1, 0.15) is 11.5 Å². The zero-order chi connectivity index (χ0) is 31.9. The molecule has 0 radical (unpaired) electrons. The third-order valence-corrected chi connectivity index (χ3v) is 10.3. The lowest BCUT2D eigenvalue weighted by Crippen LogP contribution is -3.00. The van der Waals surface area contributed by atoms with Gasteiger partial charge in [0.05, 0.1) is 68.2 Å². The molecule has 47 heavy (non-hydrogen) atoms. The molecule has 3 aromatic carbocycles. The van der Waals surface area contributed by atoms with Crippen LogP contribution in [0.25, 0.3) is 0 Å². The van der Waals surface area contributed by atoms with Gasteiger partial charge in [-0.2, -0.15) is 0 Å². The molecular weight excluding hydrogens is 703 g/mol. The van der Waals surface area contributed by atoms with E-state index in [4.69, 9.17) is 32.7 Å². The summed E-state index contributed by atoms with van der Waals surface area (Å²) >= 11 is 12.9. The number of ether oxygens (including phenoxy) is 2. The standard InChI is InChI=1S/C36H42Cl2N4O4.BrH/c37-30-6-5-7-33(36(30)38)41-16-20-42(21-17-41,18-1-3-22-45-28-12-8-26-10-14-34(43)39-31(26)24-28)19-2-4-23-46-29-13-9-27-11-15-35(44)40-32(27)25-29;/h5-9,12-13,24-25H,1-4,10-11,14-23H2,(H-,39,40,43,44);1H. The molecule has 11 heteroatoms. The summed E-state index contributed by atoms with van der Waals surface area (Å²) in [5, 5.41) is 7.13. The number of nitrogens with zero attached hydrogens (tertiary/aromatic N) is 2. The van der Waals surface area contributed by atoms with Gasteiger partial charge < -0.3 is 46.5 Å². The molecule has 3 aliphatic rings. The van der Waals surface area contributed by atoms with Crippen LogP contribution in [0.1, 0.15) is 49.7 Å². The number of carbonyl (C=O) groups excluding carboxylic acids is 2. The van der Waals surface area contributed by atoms with Crippen LogP contribution in [0.5, 0.6) is 11.5 Å². The third kappa shape index (κ3) is 9.13. The van der Waals surface area contributed by atoms with E-state index in [-0.39, 0.29) is 28.8 Å². The minimum absolute atomic E-state index is 0. The zero-order valence-electron chi connectivity index (χ0n) is 26.7. The Hall–Kier alpha value is -2.98. The topological polar surface area (TPSA) is 79.9 Å². The number of fused-ring (bicyclic) bond motifs is 2. The van der Waals surface area contributed by atoms with E-state index in [1.165, 1.54) is 0 Å². The van der Waals surface area contributed by atoms with Crippen molar-refractivity contribution in [1.82, 2.24) is 0 Å². The fraction of sp³-hybridized carbons (Fsp3) is 0.444. The van der Waals surface area contributed by atoms with Crippen molar-refractivity contribution in [3.8, 4) is 11.5 Å². The maximum Gasteiger partial charge on any atom is 0.224 e. The van der Waals surface area contributed by atoms with Gasteiger partial charge in [-0.25, -0.2) is 0 Å². The van der Waals surface area contributed by atoms with Crippen molar-refractivity contribution in [2.24, 2.45) is 0 Å². The third-order valence-electron chi connectivity index (χ3n) is 9.51. The minimum Gasteiger partial charge on any atom is -1.00 e. The number of piperazine rings is 1. The van der Waals surface area contributed by atoms with Gasteiger partial charge in [0.15, 0.2) is 0 Å². The Morgan fingerprint density at radius 2 is 1.23 bits per heavy atom. The number of halogens is 3. The summed E-state index contributed by atoms with van der Waals surface area (Å²) in [5.74, 6) is 1.74. The number of amides is 2. The first kappa shape index (κ1) is 35.3. The van der Waals surface area contributed by atoms with Crippen molar-refractivity contribution in [3.63, 3.8) is 0 Å². The van der Waals surface area contributed by atoms with Crippen LogP contribution in [-0.2, 0) is 22.4 Å². The molecule has 8 nitrogen and oxygen atoms in total. The summed E-state index contributed by atoms with van der Waals surface area (Å²) in [5.41, 5.74) is 5.09. The molecule has 0 spiro atoms. The molecule has 3 heterocycles. The van der Waals surface area contributed by atoms with Gasteiger partial charge in [0, 0.05) is 36.3 Å². The van der Waals surface area contributed by atoms with Gasteiger partial charge >= 0.3 is 0 Å². The summed E-state index contributed by atoms with van der Waals surface area (Å²) in [7, 11) is 0. The van der Waals surface area contributed by atoms with Crippen LogP contribution in [-0.4, -0.2) is 68.8 Å². The number of unbranched alkanes of at least 4 members (excludes halogenated alkanes) is 2. The SMILES string of the molecule is O=C1CCc2ccc(OCCCC[N+]3(CCCCOc4ccc5c(c4)NC(=O)CC5)CCN(c4cccc(Cl)c4Cl)CC3)cc2N1.[Br-]. The van der Waals surface area contributed by atoms with Crippen molar-refractivity contribution in [2.75, 3.05) is 68.0 Å². The number of nitrogens with one attached hydrogen (secondary N) is 2. The molecule has 3 aliphatic heterocycles. The normalized spacial score (nSPS) is 16.7. The Morgan fingerprint density at radius 1 is 0.702 bits per heavy atom. The quantitative estimate of drug-likeness (QED) is 0.204. The first-order valence-electron chi connectivity index (χ1n) is 16.5. The van der Waals surface area contributed by atoms with Gasteiger partial charge in [-0.15, -0.1) is 0 Å². The highest BCUT2D eigenvalue weighted by atomic mass is 79.9. The lowest BCUT2D eigenvalue weighted by molar-refractivity contribution is -0.929. The number of aryl methyl sites for hydroxylation is 2. The van der Waals surface area contributed by atoms with Gasteiger partial charge in [0.2, 0.25) is 11.8 Å². The van der Waals surface area contributed by atoms with Crippen LogP contribution >= 0.6 is 23.2 Å². The molecule has 2 amide bonds. The lowest BCUT2D eigenvalue weighted by Gasteiger charge is -2.46. The van der Waals surface area contributed by atoms with Crippen LogP contribution in [0.4, 0.5) is 17.1 Å². The smallest absolute Gasteiger partial charge is 0.224 e. The zero-order valence-corrected chi connectivity index (χ0v) is 29.8. The Morgan fingerprint density at radius 3 is 1.77 bits per heavy atom. The number of hydrogen-bond acceptors (Lipinski definition) is 5. The maximum absolute atomic E-state index is 11.8. The summed E-state index contributed by atoms with van der Waals surface area (Å²) in [6.45, 7) is 7.40. The van der Waals surface area contributed by atoms with Crippen molar-refractivity contribution >= 4 is 52.1 Å². The van der Waals surface area contributed by atoms with Crippen LogP contribution < -0.4 is 42.0 Å². The average molecular weight is 747 g/mol. The average Bonchev–Trinajstić information content (AvgIpc) is 3.06. The maximum atomic E-state index is 11.8. The van der Waals surface area contributed by atoms with E-state index >= 15 is 0 Å². The number of quaternary nitrogens is 1. The number of hydrogen-bond donors (Lipinski definition) is 2. The van der Waals surface area contributed by atoms with Gasteiger partial charge in [-0.1, -0.05) is 41.4 Å². The molecule has 0 aromatic heterocycles. The predicted molar refractivity (Wildman–Crippen MR) is 185 cm³/mol. The number of rotatable bonds is 13. The number of anilines is 3. The number of benzene rings is 3. The fourth-order valence-electron chi connectivity index (χ4n) is 6.79. The van der Waals surface area contributed by atoms with E-state index in [2.05, 4.69) is 33.7 Å². The molecule has 0 aliphatic carbocycles. The Labute approximate surface area is 298 Å². The van der Waals surface area contributed by atoms with E-state index < -0.39 is 0 Å². The predicted octanol–water partition coefficient (Wildman–Crippen LogP) is 4.12. The summed E-state index contributed by atoms with van der Waals surface area (Å²) in [4.78, 5) is 26.0. The molecular formula is C36H43BrCl2N4O4. The molecule has 0 atom stereocenters. The molecule has 6 rings (SSSR count). The van der Waals surface area contributed by atoms with Gasteiger partial charge in [0.25, 0.3) is 0 Å². The summed E-state index contributed by atoms with van der Waals surface area (Å²) in [6, 6.07) is 17.9. The van der Waals surface area contributed by atoms with Crippen molar-refractivity contribution in [1.29, 1.82) is 0 Å². The van der Waals surface area contributed by atoms with E-state index in [9.17, 15) is 9.59 Å². The second-order valence-electron chi connectivity index (χ2n) is 12.6. The van der Waals surface area contributed by atoms with Crippen molar-refractivity contribution in [3.05, 3.63) is 75.8 Å². The number of carbonyl (C=O) groups is 2. The van der Waals surface area contributed by atoms with E-state index in [0.29, 0.717) is 36.1 Å². The second-order valence-corrected chi connectivity index (χ2v) is 13.4. The Bertz CT molecular complexity index is 1480. The highest BCUT2D eigenvalue weighted by Crippen LogP contribution is 2.34. The monoisotopic (exact) mass is 744 g/mol. The Kier molecular flexibility index (Phi) is 12.3. The van der Waals surface area contributed by atoms with Crippen LogP contribution in [0.2, 0.25) is 10.0 Å². The summed E-state index contributed by atoms with van der Waals surface area (Å²) in [6.07, 6.45) is 6.70. The first-order chi connectivity index (χ1) is 22.4. The first-order valence-corrected chi connectivity index (χ1v) is 17.3. The van der Waals surface area contributed by atoms with Gasteiger partial charge in [-0.3, -0.25) is 9.59 Å². The molecule has 252 valence electrons. The van der Waals surface area contributed by atoms with Crippen molar-refractivity contribution < 1.29 is 40.5 Å². The molecule has 0 unspecified atom stereocenters. The minimum atomic E-state index is 0. The van der Waals surface area contributed by atoms with Gasteiger partial charge in [-0.05, 0) is 73.9 Å². The molecule has 2 N–H and O–H groups in total. The van der Waals surface area contributed by atoms with Crippen LogP contribution in [0.15, 0.2) is 54.6 Å². The lowest BCUT2D eigenvalue weighted by atomic mass is 10.0. The summed E-state index contributed by atoms with van der Waals surface area (Å²) < 4.78 is 13.2. The molecule has 1 fully saturated rings. The highest BCUT2D eigenvalue weighted by Gasteiger charge is 2.33. The Balaban J connectivity index is 0.00000433. The molecule has 3 aromatic rings. The van der Waals surface area contributed by atoms with Crippen LogP contribution in [0.3, 0.4) is 0 Å². The fourth-order valence-corrected chi connectivity index (χ4v) is 7.20.